The molecular formula is C34H33F3N6O3. The number of nitrogens with one attached hydrogen (secondary N) is 2. The SMILES string of the molecule is C[C@H](NCc1cc(C(=O)Nc2cc(-c3c(F)cc(C#N)cc3C(=O)N3CC(F)(F)C3)cc(C3CC3)n2)c(=O)n(C2CC2)c1)C1CC1. The molecule has 1 atom stereocenters. The molecule has 3 aliphatic carbocycles. The number of amides is 2. The van der Waals surface area contributed by atoms with E-state index in [2.05, 4.69) is 22.5 Å². The number of hydrogen-bond donors (Lipinski definition) is 2. The van der Waals surface area contributed by atoms with Crippen molar-refractivity contribution in [1.82, 2.24) is 19.8 Å². The van der Waals surface area contributed by atoms with Gasteiger partial charge >= 0.3 is 0 Å². The molecule has 0 radical (unpaired) electrons. The summed E-state index contributed by atoms with van der Waals surface area (Å²) in [6.45, 7) is 1.03. The van der Waals surface area contributed by atoms with Gasteiger partial charge in [0.05, 0.1) is 30.3 Å². The maximum absolute atomic E-state index is 15.7. The van der Waals surface area contributed by atoms with Gasteiger partial charge in [-0.05, 0) is 92.8 Å². The topological polar surface area (TPSA) is 120 Å². The molecule has 0 bridgehead atoms. The zero-order valence-electron chi connectivity index (χ0n) is 25.3. The Hall–Kier alpha value is -4.50. The van der Waals surface area contributed by atoms with Crippen LogP contribution in [0, 0.1) is 23.1 Å². The molecule has 4 aliphatic rings. The average molecular weight is 631 g/mol. The molecule has 46 heavy (non-hydrogen) atoms. The maximum Gasteiger partial charge on any atom is 0.282 e. The van der Waals surface area contributed by atoms with Crippen molar-refractivity contribution in [2.45, 2.75) is 75.9 Å². The van der Waals surface area contributed by atoms with Crippen molar-refractivity contribution in [2.24, 2.45) is 5.92 Å². The molecule has 0 spiro atoms. The van der Waals surface area contributed by atoms with Gasteiger partial charge in [-0.25, -0.2) is 18.2 Å². The first-order valence-corrected chi connectivity index (χ1v) is 15.7. The molecule has 3 saturated carbocycles. The molecule has 2 aromatic heterocycles. The summed E-state index contributed by atoms with van der Waals surface area (Å²) < 4.78 is 44.5. The summed E-state index contributed by atoms with van der Waals surface area (Å²) in [5.41, 5.74) is 0.594. The van der Waals surface area contributed by atoms with Crippen molar-refractivity contribution in [1.29, 1.82) is 5.26 Å². The molecule has 1 saturated heterocycles. The largest absolute Gasteiger partial charge is 0.326 e. The fraction of sp³-hybridized carbons (Fsp3) is 0.441. The number of anilines is 1. The summed E-state index contributed by atoms with van der Waals surface area (Å²) in [6.07, 6.45) is 7.56. The van der Waals surface area contributed by atoms with Gasteiger partial charge in [0, 0.05) is 42.0 Å². The van der Waals surface area contributed by atoms with Crippen LogP contribution in [0.15, 0.2) is 41.3 Å². The number of nitriles is 1. The number of likely N-dealkylation sites (tertiary alicyclic amines) is 1. The number of hydrogen-bond acceptors (Lipinski definition) is 6. The summed E-state index contributed by atoms with van der Waals surface area (Å²) in [4.78, 5) is 45.9. The Morgan fingerprint density at radius 3 is 2.43 bits per heavy atom. The lowest BCUT2D eigenvalue weighted by atomic mass is 9.94. The third-order valence-electron chi connectivity index (χ3n) is 9.19. The van der Waals surface area contributed by atoms with Gasteiger partial charge in [-0.15, -0.1) is 0 Å². The van der Waals surface area contributed by atoms with Gasteiger partial charge in [0.2, 0.25) is 0 Å². The second-order valence-electron chi connectivity index (χ2n) is 13.1. The Morgan fingerprint density at radius 2 is 1.80 bits per heavy atom. The van der Waals surface area contributed by atoms with Crippen molar-refractivity contribution in [3.8, 4) is 17.2 Å². The molecule has 2 amide bonds. The number of carbonyl (C=O) groups excluding carboxylic acids is 2. The van der Waals surface area contributed by atoms with Crippen LogP contribution < -0.4 is 16.2 Å². The van der Waals surface area contributed by atoms with Gasteiger partial charge in [-0.3, -0.25) is 14.4 Å². The van der Waals surface area contributed by atoms with E-state index in [0.29, 0.717) is 24.2 Å². The molecular weight excluding hydrogens is 597 g/mol. The lowest BCUT2D eigenvalue weighted by molar-refractivity contribution is -0.113. The van der Waals surface area contributed by atoms with E-state index in [-0.39, 0.29) is 45.6 Å². The van der Waals surface area contributed by atoms with Crippen molar-refractivity contribution in [2.75, 3.05) is 18.4 Å². The first kappa shape index (κ1) is 30.2. The number of nitrogens with zero attached hydrogens (tertiary/aromatic N) is 4. The van der Waals surface area contributed by atoms with Crippen molar-refractivity contribution >= 4 is 17.6 Å². The predicted octanol–water partition coefficient (Wildman–Crippen LogP) is 5.36. The highest BCUT2D eigenvalue weighted by atomic mass is 19.3. The first-order chi connectivity index (χ1) is 22.0. The van der Waals surface area contributed by atoms with E-state index in [1.807, 2.05) is 12.3 Å². The summed E-state index contributed by atoms with van der Waals surface area (Å²) in [7, 11) is 0. The second kappa shape index (κ2) is 11.4. The Morgan fingerprint density at radius 1 is 1.07 bits per heavy atom. The van der Waals surface area contributed by atoms with E-state index in [1.165, 1.54) is 25.0 Å². The highest BCUT2D eigenvalue weighted by Gasteiger charge is 2.47. The molecule has 9 nitrogen and oxygen atoms in total. The predicted molar refractivity (Wildman–Crippen MR) is 163 cm³/mol. The Labute approximate surface area is 263 Å². The van der Waals surface area contributed by atoms with Crippen molar-refractivity contribution in [3.63, 3.8) is 0 Å². The van der Waals surface area contributed by atoms with Gasteiger partial charge in [-0.1, -0.05) is 0 Å². The van der Waals surface area contributed by atoms with Crippen LogP contribution in [0.2, 0.25) is 0 Å². The van der Waals surface area contributed by atoms with E-state index in [1.54, 1.807) is 16.7 Å². The van der Waals surface area contributed by atoms with E-state index in [0.717, 1.165) is 42.2 Å². The number of alkyl halides is 2. The third kappa shape index (κ3) is 6.16. The standard InChI is InChI=1S/C34H33F3N6O3/c1-18(21-2-3-21)39-14-20-9-26(33(46)43(15-20)24-6-7-24)31(44)41-29-12-23(11-28(40-29)22-4-5-22)30-25(8-19(13-38)10-27(30)35)32(45)42-16-34(36,37)17-42/h8-12,15,18,21-22,24,39H,2-7,14,16-17H2,1H3,(H,40,41,44)/t18-/m0/s1. The highest BCUT2D eigenvalue weighted by Crippen LogP contribution is 2.42. The molecule has 7 rings (SSSR count). The first-order valence-electron chi connectivity index (χ1n) is 15.7. The fourth-order valence-corrected chi connectivity index (χ4v) is 6.08. The third-order valence-corrected chi connectivity index (χ3v) is 9.19. The van der Waals surface area contributed by atoms with Gasteiger partial charge in [-0.2, -0.15) is 5.26 Å². The molecule has 2 N–H and O–H groups in total. The molecule has 238 valence electrons. The van der Waals surface area contributed by atoms with E-state index in [4.69, 9.17) is 0 Å². The number of rotatable bonds is 10. The lowest BCUT2D eigenvalue weighted by Gasteiger charge is -2.39. The lowest BCUT2D eigenvalue weighted by Crippen LogP contribution is -2.58. The molecule has 3 aromatic rings. The normalized spacial score (nSPS) is 19.2. The van der Waals surface area contributed by atoms with Gasteiger partial charge < -0.3 is 20.1 Å². The Bertz CT molecular complexity index is 1850. The summed E-state index contributed by atoms with van der Waals surface area (Å²) in [6, 6.07) is 8.97. The Balaban J connectivity index is 1.23. The summed E-state index contributed by atoms with van der Waals surface area (Å²) in [5.74, 6) is -4.65. The van der Waals surface area contributed by atoms with Crippen LogP contribution in [0.5, 0.6) is 0 Å². The monoisotopic (exact) mass is 630 g/mol. The van der Waals surface area contributed by atoms with Crippen LogP contribution in [0.25, 0.3) is 11.1 Å². The number of halogens is 3. The minimum absolute atomic E-state index is 0.0374. The van der Waals surface area contributed by atoms with Crippen LogP contribution in [0.4, 0.5) is 19.0 Å². The van der Waals surface area contributed by atoms with Crippen LogP contribution in [-0.2, 0) is 6.54 Å². The summed E-state index contributed by atoms with van der Waals surface area (Å²) >= 11 is 0. The minimum atomic E-state index is -3.03. The Kier molecular flexibility index (Phi) is 7.47. The van der Waals surface area contributed by atoms with Gasteiger partial charge in [0.1, 0.15) is 17.2 Å². The zero-order valence-corrected chi connectivity index (χ0v) is 25.3. The fourth-order valence-electron chi connectivity index (χ4n) is 6.08. The smallest absolute Gasteiger partial charge is 0.282 e. The minimum Gasteiger partial charge on any atom is -0.326 e. The number of carbonyl (C=O) groups is 2. The molecule has 1 aromatic carbocycles. The second-order valence-corrected chi connectivity index (χ2v) is 13.1. The molecule has 4 fully saturated rings. The molecule has 1 aliphatic heterocycles. The number of pyridine rings is 2. The quantitative estimate of drug-likeness (QED) is 0.311. The molecule has 0 unspecified atom stereocenters. The van der Waals surface area contributed by atoms with Gasteiger partial charge in [0.25, 0.3) is 23.3 Å². The number of aromatic nitrogens is 2. The van der Waals surface area contributed by atoms with E-state index < -0.39 is 42.2 Å². The molecule has 3 heterocycles. The highest BCUT2D eigenvalue weighted by molar-refractivity contribution is 6.05. The van der Waals surface area contributed by atoms with Crippen molar-refractivity contribution < 1.29 is 22.8 Å². The molecule has 12 heteroatoms. The van der Waals surface area contributed by atoms with Crippen LogP contribution in [0.3, 0.4) is 0 Å². The van der Waals surface area contributed by atoms with Gasteiger partial charge in [0.15, 0.2) is 0 Å². The summed E-state index contributed by atoms with van der Waals surface area (Å²) in [5, 5.41) is 15.7. The maximum atomic E-state index is 15.7. The zero-order chi connectivity index (χ0) is 32.3. The van der Waals surface area contributed by atoms with Crippen LogP contribution >= 0.6 is 0 Å². The average Bonchev–Trinajstić information content (AvgIpc) is 3.86. The number of benzene rings is 1. The van der Waals surface area contributed by atoms with E-state index in [9.17, 15) is 28.4 Å². The van der Waals surface area contributed by atoms with Crippen LogP contribution in [0.1, 0.15) is 94.9 Å². The van der Waals surface area contributed by atoms with Crippen LogP contribution in [-0.4, -0.2) is 51.3 Å². The van der Waals surface area contributed by atoms with E-state index >= 15 is 4.39 Å². The van der Waals surface area contributed by atoms with Crippen molar-refractivity contribution in [3.05, 3.63) is 80.6 Å².